The van der Waals surface area contributed by atoms with Crippen LogP contribution >= 0.6 is 0 Å². The minimum atomic E-state index is -0.562. The summed E-state index contributed by atoms with van der Waals surface area (Å²) in [4.78, 5) is 22.9. The van der Waals surface area contributed by atoms with Gasteiger partial charge in [-0.2, -0.15) is 0 Å². The smallest absolute Gasteiger partial charge is 0.255 e. The summed E-state index contributed by atoms with van der Waals surface area (Å²) < 4.78 is 18.5. The number of rotatable bonds is 6. The number of anilines is 1. The molecule has 3 N–H and O–H groups in total. The summed E-state index contributed by atoms with van der Waals surface area (Å²) >= 11 is 0. The van der Waals surface area contributed by atoms with E-state index in [0.717, 1.165) is 5.56 Å². The van der Waals surface area contributed by atoms with Crippen molar-refractivity contribution in [2.75, 3.05) is 11.9 Å². The van der Waals surface area contributed by atoms with Gasteiger partial charge >= 0.3 is 0 Å². The molecule has 0 radical (unpaired) electrons. The van der Waals surface area contributed by atoms with Gasteiger partial charge in [0.25, 0.3) is 5.91 Å². The second-order valence-electron chi connectivity index (χ2n) is 5.56. The lowest BCUT2D eigenvalue weighted by Crippen LogP contribution is -2.20. The molecule has 0 heterocycles. The van der Waals surface area contributed by atoms with Gasteiger partial charge in [0, 0.05) is 11.8 Å². The van der Waals surface area contributed by atoms with E-state index in [1.165, 1.54) is 18.2 Å². The molecule has 6 heteroatoms. The summed E-state index contributed by atoms with van der Waals surface area (Å²) in [5, 5.41) is 2.76. The van der Waals surface area contributed by atoms with Crippen molar-refractivity contribution in [3.8, 4) is 5.75 Å². The van der Waals surface area contributed by atoms with E-state index in [1.807, 2.05) is 0 Å². The van der Waals surface area contributed by atoms with Crippen LogP contribution in [0.2, 0.25) is 0 Å². The van der Waals surface area contributed by atoms with E-state index in [4.69, 9.17) is 10.5 Å². The summed E-state index contributed by atoms with van der Waals surface area (Å²) in [6.45, 7) is 3.33. The van der Waals surface area contributed by atoms with E-state index in [-0.39, 0.29) is 18.3 Å². The first-order valence-corrected chi connectivity index (χ1v) is 7.62. The largest absolute Gasteiger partial charge is 0.484 e. The highest BCUT2D eigenvalue weighted by Crippen LogP contribution is 2.22. The highest BCUT2D eigenvalue weighted by Gasteiger charge is 2.06. The third-order valence-corrected chi connectivity index (χ3v) is 3.46. The van der Waals surface area contributed by atoms with Gasteiger partial charge in [0.2, 0.25) is 5.91 Å². The fraction of sp³-hybridized carbons (Fsp3) is 0.158. The number of ether oxygens (including phenoxy) is 1. The van der Waals surface area contributed by atoms with Crippen LogP contribution in [0.1, 0.15) is 18.1 Å². The Morgan fingerprint density at radius 2 is 2.00 bits per heavy atom. The number of allylic oxidation sites excluding steroid dienone is 1. The lowest BCUT2D eigenvalue weighted by Gasteiger charge is -2.10. The van der Waals surface area contributed by atoms with Gasteiger partial charge in [-0.3, -0.25) is 9.59 Å². The van der Waals surface area contributed by atoms with Crippen molar-refractivity contribution >= 4 is 23.1 Å². The van der Waals surface area contributed by atoms with Crippen LogP contribution in [0.5, 0.6) is 5.75 Å². The molecule has 2 aromatic carbocycles. The number of hydrogen-bond acceptors (Lipinski definition) is 3. The van der Waals surface area contributed by atoms with Gasteiger partial charge in [-0.05, 0) is 60.9 Å². The van der Waals surface area contributed by atoms with Gasteiger partial charge in [-0.1, -0.05) is 12.1 Å². The normalized spacial score (nSPS) is 11.1. The van der Waals surface area contributed by atoms with Crippen LogP contribution < -0.4 is 15.8 Å². The van der Waals surface area contributed by atoms with E-state index in [0.29, 0.717) is 22.6 Å². The van der Waals surface area contributed by atoms with Crippen molar-refractivity contribution < 1.29 is 18.7 Å². The number of halogens is 1. The van der Waals surface area contributed by atoms with E-state index < -0.39 is 5.91 Å². The van der Waals surface area contributed by atoms with Gasteiger partial charge in [0.1, 0.15) is 11.6 Å². The molecule has 0 bridgehead atoms. The maximum absolute atomic E-state index is 13.2. The summed E-state index contributed by atoms with van der Waals surface area (Å²) in [5.41, 5.74) is 7.70. The number of benzene rings is 2. The molecular formula is C19H19FN2O3. The highest BCUT2D eigenvalue weighted by atomic mass is 19.1. The van der Waals surface area contributed by atoms with Crippen LogP contribution in [0.25, 0.3) is 5.57 Å². The molecular weight excluding hydrogens is 323 g/mol. The Balaban J connectivity index is 2.07. The molecule has 2 aromatic rings. The summed E-state index contributed by atoms with van der Waals surface area (Å²) in [7, 11) is 0. The number of hydrogen-bond donors (Lipinski definition) is 2. The van der Waals surface area contributed by atoms with Crippen molar-refractivity contribution in [1.82, 2.24) is 0 Å². The number of aryl methyl sites for hydroxylation is 1. The van der Waals surface area contributed by atoms with Crippen molar-refractivity contribution in [1.29, 1.82) is 0 Å². The highest BCUT2D eigenvalue weighted by molar-refractivity contribution is 6.04. The number of nitrogens with one attached hydrogen (secondary N) is 1. The topological polar surface area (TPSA) is 81.4 Å². The SMILES string of the molecule is C/C(=C\C(=O)Nc1ccc(OCC(N)=O)cc1C)c1cccc(F)c1. The molecule has 0 aliphatic heterocycles. The zero-order valence-corrected chi connectivity index (χ0v) is 14.0. The van der Waals surface area contributed by atoms with Gasteiger partial charge in [-0.15, -0.1) is 0 Å². The Hall–Kier alpha value is -3.15. The quantitative estimate of drug-likeness (QED) is 0.792. The Morgan fingerprint density at radius 3 is 2.64 bits per heavy atom. The zero-order chi connectivity index (χ0) is 18.4. The van der Waals surface area contributed by atoms with Crippen LogP contribution in [0.4, 0.5) is 10.1 Å². The van der Waals surface area contributed by atoms with E-state index in [9.17, 15) is 14.0 Å². The number of carbonyl (C=O) groups excluding carboxylic acids is 2. The van der Waals surface area contributed by atoms with E-state index in [1.54, 1.807) is 44.2 Å². The standard InChI is InChI=1S/C19H19FN2O3/c1-12(14-4-3-5-15(20)10-14)9-19(24)22-17-7-6-16(8-13(17)2)25-11-18(21)23/h3-10H,11H2,1-2H3,(H2,21,23)(H,22,24)/b12-9+. The van der Waals surface area contributed by atoms with Gasteiger partial charge < -0.3 is 15.8 Å². The Morgan fingerprint density at radius 1 is 1.24 bits per heavy atom. The van der Waals surface area contributed by atoms with Crippen LogP contribution in [0.15, 0.2) is 48.5 Å². The Bertz CT molecular complexity index is 831. The number of carbonyl (C=O) groups is 2. The number of amides is 2. The van der Waals surface area contributed by atoms with Crippen LogP contribution in [-0.2, 0) is 9.59 Å². The molecule has 0 fully saturated rings. The average molecular weight is 342 g/mol. The molecule has 0 saturated carbocycles. The van der Waals surface area contributed by atoms with E-state index >= 15 is 0 Å². The minimum Gasteiger partial charge on any atom is -0.484 e. The van der Waals surface area contributed by atoms with Crippen LogP contribution in [-0.4, -0.2) is 18.4 Å². The maximum Gasteiger partial charge on any atom is 0.255 e. The molecule has 2 amide bonds. The van der Waals surface area contributed by atoms with Gasteiger partial charge in [0.15, 0.2) is 6.61 Å². The average Bonchev–Trinajstić information content (AvgIpc) is 2.55. The Labute approximate surface area is 145 Å². The van der Waals surface area contributed by atoms with Crippen molar-refractivity contribution in [3.05, 3.63) is 65.5 Å². The molecule has 130 valence electrons. The van der Waals surface area contributed by atoms with E-state index in [2.05, 4.69) is 5.32 Å². The minimum absolute atomic E-state index is 0.208. The molecule has 0 aromatic heterocycles. The van der Waals surface area contributed by atoms with Gasteiger partial charge in [0.05, 0.1) is 0 Å². The number of nitrogens with two attached hydrogens (primary N) is 1. The molecule has 2 rings (SSSR count). The first-order chi connectivity index (χ1) is 11.8. The first-order valence-electron chi connectivity index (χ1n) is 7.62. The summed E-state index contributed by atoms with van der Waals surface area (Å²) in [6.07, 6.45) is 1.41. The van der Waals surface area contributed by atoms with Crippen molar-refractivity contribution in [3.63, 3.8) is 0 Å². The molecule has 0 atom stereocenters. The molecule has 0 saturated heterocycles. The van der Waals surface area contributed by atoms with Crippen LogP contribution in [0.3, 0.4) is 0 Å². The lowest BCUT2D eigenvalue weighted by atomic mass is 10.1. The molecule has 0 unspecified atom stereocenters. The van der Waals surface area contributed by atoms with Crippen molar-refractivity contribution in [2.24, 2.45) is 5.73 Å². The fourth-order valence-electron chi connectivity index (χ4n) is 2.20. The van der Waals surface area contributed by atoms with Crippen molar-refractivity contribution in [2.45, 2.75) is 13.8 Å². The molecule has 0 aliphatic carbocycles. The second kappa shape index (κ2) is 8.10. The first kappa shape index (κ1) is 18.2. The zero-order valence-electron chi connectivity index (χ0n) is 14.0. The maximum atomic E-state index is 13.2. The summed E-state index contributed by atoms with van der Waals surface area (Å²) in [6, 6.07) is 11.1. The fourth-order valence-corrected chi connectivity index (χ4v) is 2.20. The molecule has 25 heavy (non-hydrogen) atoms. The predicted octanol–water partition coefficient (Wildman–Crippen LogP) is 3.04. The lowest BCUT2D eigenvalue weighted by molar-refractivity contribution is -0.120. The predicted molar refractivity (Wildman–Crippen MR) is 94.5 cm³/mol. The molecule has 0 spiro atoms. The van der Waals surface area contributed by atoms with Crippen LogP contribution in [0, 0.1) is 12.7 Å². The Kier molecular flexibility index (Phi) is 5.89. The third kappa shape index (κ3) is 5.46. The third-order valence-electron chi connectivity index (χ3n) is 3.46. The second-order valence-corrected chi connectivity index (χ2v) is 5.56. The number of primary amides is 1. The molecule has 0 aliphatic rings. The van der Waals surface area contributed by atoms with Gasteiger partial charge in [-0.25, -0.2) is 4.39 Å². The summed E-state index contributed by atoms with van der Waals surface area (Å²) in [5.74, 6) is -0.752. The molecule has 5 nitrogen and oxygen atoms in total. The monoisotopic (exact) mass is 342 g/mol.